The third-order valence-corrected chi connectivity index (χ3v) is 7.71. The first-order valence-electron chi connectivity index (χ1n) is 12.6. The van der Waals surface area contributed by atoms with Gasteiger partial charge >= 0.3 is 0 Å². The molecule has 196 valence electrons. The van der Waals surface area contributed by atoms with Gasteiger partial charge in [0.05, 0.1) is 24.3 Å². The van der Waals surface area contributed by atoms with Crippen molar-refractivity contribution in [3.8, 4) is 11.5 Å². The Morgan fingerprint density at radius 1 is 1.05 bits per heavy atom. The molecule has 8 nitrogen and oxygen atoms in total. The highest BCUT2D eigenvalue weighted by atomic mass is 32.2. The van der Waals surface area contributed by atoms with Crippen LogP contribution in [0.4, 0.5) is 11.5 Å². The quantitative estimate of drug-likeness (QED) is 0.433. The Kier molecular flexibility index (Phi) is 7.55. The van der Waals surface area contributed by atoms with E-state index < -0.39 is 0 Å². The van der Waals surface area contributed by atoms with Gasteiger partial charge in [-0.1, -0.05) is 23.9 Å². The number of fused-ring (bicyclic) bond motifs is 1. The summed E-state index contributed by atoms with van der Waals surface area (Å²) < 4.78 is 11.0. The fraction of sp³-hybridized carbons (Fsp3) is 0.276. The van der Waals surface area contributed by atoms with E-state index in [0.717, 1.165) is 35.1 Å². The van der Waals surface area contributed by atoms with Crippen molar-refractivity contribution in [3.63, 3.8) is 0 Å². The second kappa shape index (κ2) is 11.2. The first-order chi connectivity index (χ1) is 18.5. The number of likely N-dealkylation sites (N-methyl/N-ethyl adjacent to an activating group) is 1. The molecule has 5 rings (SSSR count). The van der Waals surface area contributed by atoms with Crippen molar-refractivity contribution in [2.24, 2.45) is 0 Å². The van der Waals surface area contributed by atoms with Gasteiger partial charge in [-0.05, 0) is 61.0 Å². The molecule has 1 fully saturated rings. The number of nitrogens with zero attached hydrogens (tertiary/aromatic N) is 4. The SMILES string of the molecule is CCOc1ccc(/C=C2/Sc3ccc(C(=O)N4CCN(c5ccccn5)CC4)cc3N(C)C2=O)cc1OC. The fourth-order valence-corrected chi connectivity index (χ4v) is 5.68. The number of aromatic nitrogens is 1. The standard InChI is InChI=1S/C29H30N4O4S/c1-4-37-23-10-8-20(17-24(23)36-3)18-26-29(35)31(2)22-19-21(9-11-25(22)38-26)28(34)33-15-13-32(14-16-33)27-7-5-6-12-30-27/h5-12,17-19H,4,13-16H2,1-3H3/b26-18+. The maximum Gasteiger partial charge on any atom is 0.264 e. The number of pyridine rings is 1. The highest BCUT2D eigenvalue weighted by Crippen LogP contribution is 2.42. The maximum atomic E-state index is 13.3. The predicted octanol–water partition coefficient (Wildman–Crippen LogP) is 4.56. The van der Waals surface area contributed by atoms with Gasteiger partial charge in [0.15, 0.2) is 11.5 Å². The van der Waals surface area contributed by atoms with Crippen molar-refractivity contribution >= 4 is 41.2 Å². The number of methoxy groups -OCH3 is 1. The summed E-state index contributed by atoms with van der Waals surface area (Å²) in [5.74, 6) is 2.06. The van der Waals surface area contributed by atoms with Crippen molar-refractivity contribution in [2.45, 2.75) is 11.8 Å². The molecule has 1 saturated heterocycles. The van der Waals surface area contributed by atoms with E-state index in [4.69, 9.17) is 9.47 Å². The number of hydrogen-bond acceptors (Lipinski definition) is 7. The Labute approximate surface area is 226 Å². The minimum absolute atomic E-state index is 0.0258. The predicted molar refractivity (Wildman–Crippen MR) is 150 cm³/mol. The molecule has 0 saturated carbocycles. The number of carbonyl (C=O) groups is 2. The summed E-state index contributed by atoms with van der Waals surface area (Å²) in [5.41, 5.74) is 2.16. The molecule has 2 aliphatic heterocycles. The van der Waals surface area contributed by atoms with Gasteiger partial charge in [0, 0.05) is 49.9 Å². The summed E-state index contributed by atoms with van der Waals surface area (Å²) in [6.45, 7) is 5.16. The van der Waals surface area contributed by atoms with Crippen LogP contribution in [0.3, 0.4) is 0 Å². The molecule has 0 bridgehead atoms. The largest absolute Gasteiger partial charge is 0.493 e. The van der Waals surface area contributed by atoms with Gasteiger partial charge in [-0.2, -0.15) is 0 Å². The molecule has 0 spiro atoms. The van der Waals surface area contributed by atoms with Crippen LogP contribution in [0.25, 0.3) is 6.08 Å². The number of benzene rings is 2. The lowest BCUT2D eigenvalue weighted by Gasteiger charge is -2.35. The highest BCUT2D eigenvalue weighted by molar-refractivity contribution is 8.04. The van der Waals surface area contributed by atoms with Crippen molar-refractivity contribution in [3.05, 3.63) is 76.8 Å². The number of carbonyl (C=O) groups excluding carboxylic acids is 2. The van der Waals surface area contributed by atoms with Crippen LogP contribution in [0.2, 0.25) is 0 Å². The number of amides is 2. The molecule has 2 amide bonds. The van der Waals surface area contributed by atoms with Crippen LogP contribution in [0, 0.1) is 0 Å². The minimum Gasteiger partial charge on any atom is -0.493 e. The average molecular weight is 531 g/mol. The molecular formula is C29H30N4O4S. The summed E-state index contributed by atoms with van der Waals surface area (Å²) in [6, 6.07) is 17.1. The zero-order chi connectivity index (χ0) is 26.6. The molecular weight excluding hydrogens is 500 g/mol. The van der Waals surface area contributed by atoms with Crippen LogP contribution in [0.1, 0.15) is 22.8 Å². The Morgan fingerprint density at radius 3 is 2.58 bits per heavy atom. The highest BCUT2D eigenvalue weighted by Gasteiger charge is 2.29. The lowest BCUT2D eigenvalue weighted by molar-refractivity contribution is -0.114. The van der Waals surface area contributed by atoms with Gasteiger partial charge in [0.2, 0.25) is 0 Å². The zero-order valence-corrected chi connectivity index (χ0v) is 22.5. The monoisotopic (exact) mass is 530 g/mol. The number of hydrogen-bond donors (Lipinski definition) is 0. The van der Waals surface area contributed by atoms with Crippen molar-refractivity contribution in [1.29, 1.82) is 0 Å². The van der Waals surface area contributed by atoms with Crippen LogP contribution in [-0.2, 0) is 4.79 Å². The summed E-state index contributed by atoms with van der Waals surface area (Å²) in [7, 11) is 3.34. The van der Waals surface area contributed by atoms with Gasteiger partial charge in [-0.3, -0.25) is 9.59 Å². The van der Waals surface area contributed by atoms with E-state index >= 15 is 0 Å². The number of piperazine rings is 1. The molecule has 3 heterocycles. The smallest absolute Gasteiger partial charge is 0.264 e. The maximum absolute atomic E-state index is 13.3. The molecule has 2 aliphatic rings. The van der Waals surface area contributed by atoms with E-state index in [2.05, 4.69) is 9.88 Å². The Morgan fingerprint density at radius 2 is 1.87 bits per heavy atom. The first-order valence-corrected chi connectivity index (χ1v) is 13.4. The summed E-state index contributed by atoms with van der Waals surface area (Å²) in [5, 5.41) is 0. The third kappa shape index (κ3) is 5.19. The number of ether oxygens (including phenoxy) is 2. The number of anilines is 2. The molecule has 0 radical (unpaired) electrons. The van der Waals surface area contributed by atoms with Gasteiger partial charge < -0.3 is 24.2 Å². The topological polar surface area (TPSA) is 75.2 Å². The van der Waals surface area contributed by atoms with Crippen molar-refractivity contribution < 1.29 is 19.1 Å². The van der Waals surface area contributed by atoms with Gasteiger partial charge in [0.25, 0.3) is 11.8 Å². The Bertz CT molecular complexity index is 1370. The first kappa shape index (κ1) is 25.7. The zero-order valence-electron chi connectivity index (χ0n) is 21.7. The Hall–Kier alpha value is -3.98. The molecule has 38 heavy (non-hydrogen) atoms. The molecule has 0 atom stereocenters. The van der Waals surface area contributed by atoms with Crippen LogP contribution in [-0.4, -0.2) is 68.6 Å². The van der Waals surface area contributed by atoms with Crippen molar-refractivity contribution in [1.82, 2.24) is 9.88 Å². The fourth-order valence-electron chi connectivity index (χ4n) is 4.59. The van der Waals surface area contributed by atoms with E-state index in [9.17, 15) is 9.59 Å². The van der Waals surface area contributed by atoms with E-state index in [0.29, 0.717) is 41.7 Å². The van der Waals surface area contributed by atoms with Crippen LogP contribution in [0.5, 0.6) is 11.5 Å². The van der Waals surface area contributed by atoms with E-state index in [1.165, 1.54) is 11.8 Å². The van der Waals surface area contributed by atoms with E-state index in [1.807, 2.05) is 72.5 Å². The molecule has 0 unspecified atom stereocenters. The molecule has 0 aliphatic carbocycles. The minimum atomic E-state index is -0.121. The summed E-state index contributed by atoms with van der Waals surface area (Å²) >= 11 is 1.40. The molecule has 9 heteroatoms. The molecule has 0 N–H and O–H groups in total. The van der Waals surface area contributed by atoms with Crippen LogP contribution in [0.15, 0.2) is 70.6 Å². The normalized spacial score (nSPS) is 16.4. The second-order valence-corrected chi connectivity index (χ2v) is 10.1. The number of thioether (sulfide) groups is 1. The summed E-state index contributed by atoms with van der Waals surface area (Å²) in [4.78, 5) is 38.1. The van der Waals surface area contributed by atoms with Crippen molar-refractivity contribution in [2.75, 3.05) is 56.7 Å². The van der Waals surface area contributed by atoms with Gasteiger partial charge in [0.1, 0.15) is 5.82 Å². The van der Waals surface area contributed by atoms with Crippen LogP contribution >= 0.6 is 11.8 Å². The lowest BCUT2D eigenvalue weighted by Crippen LogP contribution is -2.49. The third-order valence-electron chi connectivity index (χ3n) is 6.63. The molecule has 1 aromatic heterocycles. The van der Waals surface area contributed by atoms with Gasteiger partial charge in [-0.25, -0.2) is 4.98 Å². The average Bonchev–Trinajstić information content (AvgIpc) is 2.96. The lowest BCUT2D eigenvalue weighted by atomic mass is 10.1. The van der Waals surface area contributed by atoms with E-state index in [1.54, 1.807) is 25.3 Å². The second-order valence-electron chi connectivity index (χ2n) is 8.97. The Balaban J connectivity index is 1.31. The van der Waals surface area contributed by atoms with Gasteiger partial charge in [-0.15, -0.1) is 0 Å². The van der Waals surface area contributed by atoms with E-state index in [-0.39, 0.29) is 11.8 Å². The number of rotatable bonds is 6. The molecule has 3 aromatic rings. The summed E-state index contributed by atoms with van der Waals surface area (Å²) in [6.07, 6.45) is 3.64. The molecule has 2 aromatic carbocycles. The van der Waals surface area contributed by atoms with Crippen LogP contribution < -0.4 is 19.3 Å².